The SMILES string of the molecule is COc1ccc(C2=NN(C(C)=O)C(c3c(C)nn(-c4ccccc4)c3Oc3ccccc3)C2)cc1. The fourth-order valence-corrected chi connectivity index (χ4v) is 4.33. The molecule has 7 nitrogen and oxygen atoms in total. The van der Waals surface area contributed by atoms with Crippen molar-refractivity contribution in [3.05, 3.63) is 102 Å². The molecule has 0 spiro atoms. The maximum Gasteiger partial charge on any atom is 0.240 e. The molecule has 4 aromatic rings. The van der Waals surface area contributed by atoms with Gasteiger partial charge in [0.25, 0.3) is 0 Å². The van der Waals surface area contributed by atoms with Gasteiger partial charge in [-0.1, -0.05) is 36.4 Å². The van der Waals surface area contributed by atoms with Crippen LogP contribution in [0.3, 0.4) is 0 Å². The second-order valence-corrected chi connectivity index (χ2v) is 8.33. The van der Waals surface area contributed by atoms with Gasteiger partial charge in [-0.3, -0.25) is 4.79 Å². The molecule has 5 rings (SSSR count). The molecule has 176 valence electrons. The number of hydrogen-bond acceptors (Lipinski definition) is 5. The number of hydrogen-bond donors (Lipinski definition) is 0. The topological polar surface area (TPSA) is 69.0 Å². The molecule has 7 heteroatoms. The molecule has 1 atom stereocenters. The van der Waals surface area contributed by atoms with Crippen LogP contribution in [0.4, 0.5) is 0 Å². The molecule has 0 bridgehead atoms. The van der Waals surface area contributed by atoms with Crippen molar-refractivity contribution in [3.8, 4) is 23.1 Å². The maximum atomic E-state index is 12.7. The third kappa shape index (κ3) is 4.40. The lowest BCUT2D eigenvalue weighted by Gasteiger charge is -2.21. The van der Waals surface area contributed by atoms with Crippen LogP contribution in [-0.4, -0.2) is 33.5 Å². The highest BCUT2D eigenvalue weighted by Crippen LogP contribution is 2.42. The number of carbonyl (C=O) groups excluding carboxylic acids is 1. The average Bonchev–Trinajstić information content (AvgIpc) is 3.46. The van der Waals surface area contributed by atoms with E-state index in [2.05, 4.69) is 0 Å². The van der Waals surface area contributed by atoms with Gasteiger partial charge in [-0.2, -0.15) is 10.2 Å². The summed E-state index contributed by atoms with van der Waals surface area (Å²) >= 11 is 0. The minimum atomic E-state index is -0.347. The number of carbonyl (C=O) groups is 1. The van der Waals surface area contributed by atoms with Crippen molar-refractivity contribution in [3.63, 3.8) is 0 Å². The van der Waals surface area contributed by atoms with Crippen molar-refractivity contribution in [2.45, 2.75) is 26.3 Å². The lowest BCUT2D eigenvalue weighted by molar-refractivity contribution is -0.130. The molecule has 0 saturated carbocycles. The average molecular weight is 467 g/mol. The first kappa shape index (κ1) is 22.4. The third-order valence-electron chi connectivity index (χ3n) is 6.01. The van der Waals surface area contributed by atoms with E-state index in [1.807, 2.05) is 91.9 Å². The van der Waals surface area contributed by atoms with Crippen LogP contribution in [0.2, 0.25) is 0 Å². The van der Waals surface area contributed by atoms with Crippen molar-refractivity contribution >= 4 is 11.6 Å². The first-order valence-corrected chi connectivity index (χ1v) is 11.4. The Morgan fingerprint density at radius 3 is 2.20 bits per heavy atom. The second kappa shape index (κ2) is 9.46. The standard InChI is InChI=1S/C28H26N4O3/c1-19-27(26-18-25(30-31(26)20(2)33)21-14-16-23(34-3)17-15-21)28(35-24-12-8-5-9-13-24)32(29-19)22-10-6-4-7-11-22/h4-17,26H,18H2,1-3H3. The van der Waals surface area contributed by atoms with Crippen LogP contribution in [0, 0.1) is 6.92 Å². The molecule has 1 unspecified atom stereocenters. The summed E-state index contributed by atoms with van der Waals surface area (Å²) in [5.74, 6) is 1.89. The molecule has 1 aliphatic heterocycles. The zero-order valence-corrected chi connectivity index (χ0v) is 19.9. The van der Waals surface area contributed by atoms with Crippen molar-refractivity contribution in [2.75, 3.05) is 7.11 Å². The summed E-state index contributed by atoms with van der Waals surface area (Å²) in [4.78, 5) is 12.7. The van der Waals surface area contributed by atoms with E-state index in [9.17, 15) is 4.79 Å². The fraction of sp³-hybridized carbons (Fsp3) is 0.179. The van der Waals surface area contributed by atoms with Crippen molar-refractivity contribution in [1.82, 2.24) is 14.8 Å². The highest BCUT2D eigenvalue weighted by molar-refractivity contribution is 6.03. The van der Waals surface area contributed by atoms with Gasteiger partial charge in [0.05, 0.1) is 35.8 Å². The van der Waals surface area contributed by atoms with E-state index in [0.717, 1.165) is 34.0 Å². The number of para-hydroxylation sites is 2. The van der Waals surface area contributed by atoms with Gasteiger partial charge >= 0.3 is 0 Å². The van der Waals surface area contributed by atoms with Crippen LogP contribution in [0.5, 0.6) is 17.4 Å². The Labute approximate surface area is 204 Å². The number of ether oxygens (including phenoxy) is 2. The van der Waals surface area contributed by atoms with E-state index in [1.165, 1.54) is 11.9 Å². The molecule has 1 aromatic heterocycles. The largest absolute Gasteiger partial charge is 0.497 e. The lowest BCUT2D eigenvalue weighted by Crippen LogP contribution is -2.25. The molecule has 2 heterocycles. The van der Waals surface area contributed by atoms with Gasteiger partial charge in [0, 0.05) is 13.3 Å². The fourth-order valence-electron chi connectivity index (χ4n) is 4.33. The number of nitrogens with zero attached hydrogens (tertiary/aromatic N) is 4. The maximum absolute atomic E-state index is 12.7. The Hall–Kier alpha value is -4.39. The highest BCUT2D eigenvalue weighted by Gasteiger charge is 2.37. The normalized spacial score (nSPS) is 15.1. The van der Waals surface area contributed by atoms with Crippen molar-refractivity contribution < 1.29 is 14.3 Å². The van der Waals surface area contributed by atoms with Gasteiger partial charge in [0.2, 0.25) is 11.8 Å². The quantitative estimate of drug-likeness (QED) is 0.367. The predicted octanol–water partition coefficient (Wildman–Crippen LogP) is 5.68. The molecule has 0 radical (unpaired) electrons. The molecule has 35 heavy (non-hydrogen) atoms. The summed E-state index contributed by atoms with van der Waals surface area (Å²) in [6, 6.07) is 26.8. The van der Waals surface area contributed by atoms with Gasteiger partial charge in [-0.25, -0.2) is 9.69 Å². The lowest BCUT2D eigenvalue weighted by atomic mass is 9.98. The van der Waals surface area contributed by atoms with E-state index < -0.39 is 0 Å². The molecular weight excluding hydrogens is 440 g/mol. The predicted molar refractivity (Wildman–Crippen MR) is 134 cm³/mol. The summed E-state index contributed by atoms with van der Waals surface area (Å²) in [5.41, 5.74) is 4.25. The number of aromatic nitrogens is 2. The molecule has 0 fully saturated rings. The first-order valence-electron chi connectivity index (χ1n) is 11.4. The minimum absolute atomic E-state index is 0.143. The molecule has 3 aromatic carbocycles. The Bertz CT molecular complexity index is 1360. The Morgan fingerprint density at radius 2 is 1.57 bits per heavy atom. The molecule has 1 aliphatic rings. The molecule has 1 amide bonds. The van der Waals surface area contributed by atoms with Gasteiger partial charge in [0.1, 0.15) is 11.5 Å². The Morgan fingerprint density at radius 1 is 0.914 bits per heavy atom. The zero-order chi connectivity index (χ0) is 24.4. The van der Waals surface area contributed by atoms with E-state index in [0.29, 0.717) is 18.1 Å². The van der Waals surface area contributed by atoms with Crippen molar-refractivity contribution in [2.24, 2.45) is 5.10 Å². The first-order chi connectivity index (χ1) is 17.0. The van der Waals surface area contributed by atoms with Gasteiger partial charge in [0.15, 0.2) is 0 Å². The Balaban J connectivity index is 1.59. The van der Waals surface area contributed by atoms with Crippen LogP contribution in [0.15, 0.2) is 90.0 Å². The number of aryl methyl sites for hydroxylation is 1. The van der Waals surface area contributed by atoms with E-state index in [4.69, 9.17) is 19.7 Å². The second-order valence-electron chi connectivity index (χ2n) is 8.33. The summed E-state index contributed by atoms with van der Waals surface area (Å²) in [6.45, 7) is 3.47. The molecular formula is C28H26N4O3. The summed E-state index contributed by atoms with van der Waals surface area (Å²) in [5, 5.41) is 11.1. The van der Waals surface area contributed by atoms with Crippen LogP contribution < -0.4 is 9.47 Å². The number of hydrazone groups is 1. The van der Waals surface area contributed by atoms with Crippen LogP contribution in [-0.2, 0) is 4.79 Å². The van der Waals surface area contributed by atoms with Crippen LogP contribution in [0.1, 0.15) is 36.2 Å². The minimum Gasteiger partial charge on any atom is -0.497 e. The smallest absolute Gasteiger partial charge is 0.240 e. The molecule has 0 aliphatic carbocycles. The summed E-state index contributed by atoms with van der Waals surface area (Å²) in [7, 11) is 1.64. The number of benzene rings is 3. The van der Waals surface area contributed by atoms with E-state index in [-0.39, 0.29) is 11.9 Å². The van der Waals surface area contributed by atoms with Crippen LogP contribution >= 0.6 is 0 Å². The van der Waals surface area contributed by atoms with E-state index >= 15 is 0 Å². The zero-order valence-electron chi connectivity index (χ0n) is 19.9. The summed E-state index contributed by atoms with van der Waals surface area (Å²) < 4.78 is 13.5. The monoisotopic (exact) mass is 466 g/mol. The molecule has 0 N–H and O–H groups in total. The summed E-state index contributed by atoms with van der Waals surface area (Å²) in [6.07, 6.45) is 0.540. The van der Waals surface area contributed by atoms with E-state index in [1.54, 1.807) is 11.8 Å². The Kier molecular flexibility index (Phi) is 6.06. The van der Waals surface area contributed by atoms with Gasteiger partial charge in [-0.15, -0.1) is 0 Å². The van der Waals surface area contributed by atoms with Gasteiger partial charge < -0.3 is 9.47 Å². The van der Waals surface area contributed by atoms with Gasteiger partial charge in [-0.05, 0) is 61.0 Å². The highest BCUT2D eigenvalue weighted by atomic mass is 16.5. The number of methoxy groups -OCH3 is 1. The number of amides is 1. The molecule has 0 saturated heterocycles. The van der Waals surface area contributed by atoms with Crippen LogP contribution in [0.25, 0.3) is 5.69 Å². The van der Waals surface area contributed by atoms with Crippen molar-refractivity contribution in [1.29, 1.82) is 0 Å². The third-order valence-corrected chi connectivity index (χ3v) is 6.01. The number of rotatable bonds is 6.